The van der Waals surface area contributed by atoms with Crippen LogP contribution >= 0.6 is 0 Å². The fourth-order valence-corrected chi connectivity index (χ4v) is 7.33. The first-order chi connectivity index (χ1) is 20.2. The normalized spacial score (nSPS) is 15.6. The Kier molecular flexibility index (Phi) is 5.43. The van der Waals surface area contributed by atoms with E-state index in [1.165, 1.54) is 71.6 Å². The van der Waals surface area contributed by atoms with Crippen molar-refractivity contribution in [3.8, 4) is 11.1 Å². The van der Waals surface area contributed by atoms with Crippen LogP contribution in [0, 0.1) is 6.92 Å². The molecule has 0 aromatic heterocycles. The summed E-state index contributed by atoms with van der Waals surface area (Å²) in [4.78, 5) is 0. The third kappa shape index (κ3) is 3.54. The van der Waals surface area contributed by atoms with Gasteiger partial charge in [-0.2, -0.15) is 0 Å². The number of hydrogen-bond acceptors (Lipinski definition) is 0. The molecule has 1 atom stereocenters. The van der Waals surface area contributed by atoms with Crippen molar-refractivity contribution in [2.45, 2.75) is 18.8 Å². The Hall–Kier alpha value is -4.94. The minimum atomic E-state index is -0.450. The van der Waals surface area contributed by atoms with Crippen molar-refractivity contribution >= 4 is 21.5 Å². The number of hydrogen-bond donors (Lipinski definition) is 0. The summed E-state index contributed by atoms with van der Waals surface area (Å²) in [6, 6.07) is 56.4. The molecule has 41 heavy (non-hydrogen) atoms. The second-order valence-electron chi connectivity index (χ2n) is 11.4. The Labute approximate surface area is 241 Å². The molecule has 0 amide bonds. The van der Waals surface area contributed by atoms with Gasteiger partial charge in [-0.05, 0) is 79.4 Å². The molecular weight excluding hydrogens is 492 g/mol. The predicted molar refractivity (Wildman–Crippen MR) is 173 cm³/mol. The fraction of sp³-hybridized carbons (Fsp3) is 0.0732. The number of rotatable bonds is 4. The minimum absolute atomic E-state index is 0.450. The van der Waals surface area contributed by atoms with Crippen molar-refractivity contribution in [1.29, 1.82) is 0 Å². The summed E-state index contributed by atoms with van der Waals surface area (Å²) in [7, 11) is 0. The largest absolute Gasteiger partial charge is 0.0719 e. The molecule has 0 saturated carbocycles. The second kappa shape index (κ2) is 9.32. The zero-order valence-electron chi connectivity index (χ0n) is 23.1. The van der Waals surface area contributed by atoms with Crippen LogP contribution in [-0.2, 0) is 11.8 Å². The molecule has 0 bridgehead atoms. The van der Waals surface area contributed by atoms with Gasteiger partial charge in [-0.15, -0.1) is 0 Å². The number of benzene rings is 7. The van der Waals surface area contributed by atoms with Crippen molar-refractivity contribution in [2.24, 2.45) is 0 Å². The highest BCUT2D eigenvalue weighted by Gasteiger charge is 2.47. The third-order valence-electron chi connectivity index (χ3n) is 9.02. The van der Waals surface area contributed by atoms with Crippen LogP contribution in [0.5, 0.6) is 0 Å². The van der Waals surface area contributed by atoms with E-state index >= 15 is 0 Å². The van der Waals surface area contributed by atoms with Gasteiger partial charge in [0, 0.05) is 0 Å². The van der Waals surface area contributed by atoms with Gasteiger partial charge in [-0.25, -0.2) is 0 Å². The van der Waals surface area contributed by atoms with Crippen LogP contribution in [0.15, 0.2) is 152 Å². The lowest BCUT2D eigenvalue weighted by Crippen LogP contribution is -2.29. The van der Waals surface area contributed by atoms with Gasteiger partial charge in [0.2, 0.25) is 0 Å². The Bertz CT molecular complexity index is 2060. The topological polar surface area (TPSA) is 0 Å². The van der Waals surface area contributed by atoms with Crippen LogP contribution in [0.4, 0.5) is 0 Å². The molecular formula is C41H30. The van der Waals surface area contributed by atoms with Crippen LogP contribution in [0.2, 0.25) is 0 Å². The minimum Gasteiger partial charge on any atom is -0.0622 e. The maximum Gasteiger partial charge on any atom is 0.0719 e. The third-order valence-corrected chi connectivity index (χ3v) is 9.02. The van der Waals surface area contributed by atoms with Crippen LogP contribution < -0.4 is 0 Å². The summed E-state index contributed by atoms with van der Waals surface area (Å²) < 4.78 is 0. The first kappa shape index (κ1) is 23.9. The summed E-state index contributed by atoms with van der Waals surface area (Å²) in [6.45, 7) is 2.22. The number of fused-ring (bicyclic) bond motifs is 6. The van der Waals surface area contributed by atoms with Crippen molar-refractivity contribution < 1.29 is 0 Å². The van der Waals surface area contributed by atoms with E-state index < -0.39 is 5.41 Å². The summed E-state index contributed by atoms with van der Waals surface area (Å²) in [5.41, 5.74) is 11.6. The average molecular weight is 523 g/mol. The maximum atomic E-state index is 2.54. The van der Waals surface area contributed by atoms with E-state index in [1.54, 1.807) is 0 Å². The zero-order chi connectivity index (χ0) is 27.4. The quantitative estimate of drug-likeness (QED) is 0.216. The highest BCUT2D eigenvalue weighted by atomic mass is 14.5. The Morgan fingerprint density at radius 3 is 1.95 bits per heavy atom. The van der Waals surface area contributed by atoms with E-state index in [9.17, 15) is 0 Å². The first-order valence-electron chi connectivity index (χ1n) is 14.5. The monoisotopic (exact) mass is 522 g/mol. The molecule has 1 unspecified atom stereocenters. The molecule has 194 valence electrons. The summed E-state index contributed by atoms with van der Waals surface area (Å²) in [6.07, 6.45) is 0.893. The summed E-state index contributed by atoms with van der Waals surface area (Å²) in [5.74, 6) is 0. The molecule has 1 aliphatic rings. The van der Waals surface area contributed by atoms with Crippen LogP contribution in [0.3, 0.4) is 0 Å². The Morgan fingerprint density at radius 1 is 0.488 bits per heavy atom. The molecule has 0 nitrogen and oxygen atoms in total. The van der Waals surface area contributed by atoms with E-state index in [0.717, 1.165) is 6.42 Å². The zero-order valence-corrected chi connectivity index (χ0v) is 23.1. The molecule has 0 N–H and O–H groups in total. The predicted octanol–water partition coefficient (Wildman–Crippen LogP) is 10.3. The van der Waals surface area contributed by atoms with Crippen LogP contribution in [0.25, 0.3) is 32.7 Å². The molecule has 7 aromatic carbocycles. The van der Waals surface area contributed by atoms with Gasteiger partial charge in [-0.1, -0.05) is 157 Å². The van der Waals surface area contributed by atoms with Crippen molar-refractivity contribution in [1.82, 2.24) is 0 Å². The molecule has 0 heteroatoms. The standard InChI is InChI=1S/C41H30/c1-28-23-24-36-38(25-28)41(32-17-6-3-7-18-32,37-22-12-16-30-15-8-9-20-34(30)37)39-27-31(26-29-13-4-2-5-14-29)33-19-10-11-21-35(33)40(36)39/h2-25,27H,26H2,1H3. The van der Waals surface area contributed by atoms with Gasteiger partial charge >= 0.3 is 0 Å². The molecule has 0 spiro atoms. The molecule has 8 rings (SSSR count). The Balaban J connectivity index is 1.58. The van der Waals surface area contributed by atoms with E-state index in [-0.39, 0.29) is 0 Å². The van der Waals surface area contributed by atoms with Gasteiger partial charge in [0.05, 0.1) is 5.41 Å². The maximum absolute atomic E-state index is 2.54. The second-order valence-corrected chi connectivity index (χ2v) is 11.4. The SMILES string of the molecule is Cc1ccc2c(c1)C(c1ccccc1)(c1cccc3ccccc13)c1cc(Cc3ccccc3)c3ccccc3c1-2. The van der Waals surface area contributed by atoms with E-state index in [2.05, 4.69) is 159 Å². The van der Waals surface area contributed by atoms with Crippen LogP contribution in [0.1, 0.15) is 38.9 Å². The fourth-order valence-electron chi connectivity index (χ4n) is 7.33. The Morgan fingerprint density at radius 2 is 1.15 bits per heavy atom. The lowest BCUT2D eigenvalue weighted by Gasteiger charge is -2.35. The molecule has 0 saturated heterocycles. The number of aryl methyl sites for hydroxylation is 1. The van der Waals surface area contributed by atoms with Crippen molar-refractivity contribution in [3.05, 3.63) is 191 Å². The molecule has 1 aliphatic carbocycles. The van der Waals surface area contributed by atoms with Crippen molar-refractivity contribution in [3.63, 3.8) is 0 Å². The first-order valence-corrected chi connectivity index (χ1v) is 14.5. The molecule has 0 radical (unpaired) electrons. The van der Waals surface area contributed by atoms with Crippen LogP contribution in [-0.4, -0.2) is 0 Å². The van der Waals surface area contributed by atoms with Gasteiger partial charge in [0.1, 0.15) is 0 Å². The molecule has 0 fully saturated rings. The van der Waals surface area contributed by atoms with Gasteiger partial charge in [-0.3, -0.25) is 0 Å². The summed E-state index contributed by atoms with van der Waals surface area (Å²) >= 11 is 0. The van der Waals surface area contributed by atoms with E-state index in [0.29, 0.717) is 0 Å². The van der Waals surface area contributed by atoms with Gasteiger partial charge < -0.3 is 0 Å². The van der Waals surface area contributed by atoms with E-state index in [1.807, 2.05) is 0 Å². The lowest BCUT2D eigenvalue weighted by atomic mass is 9.66. The lowest BCUT2D eigenvalue weighted by molar-refractivity contribution is 0.774. The molecule has 0 heterocycles. The van der Waals surface area contributed by atoms with Gasteiger partial charge in [0.15, 0.2) is 0 Å². The smallest absolute Gasteiger partial charge is 0.0622 e. The average Bonchev–Trinajstić information content (AvgIpc) is 3.31. The van der Waals surface area contributed by atoms with E-state index in [4.69, 9.17) is 0 Å². The molecule has 7 aromatic rings. The van der Waals surface area contributed by atoms with Crippen molar-refractivity contribution in [2.75, 3.05) is 0 Å². The summed E-state index contributed by atoms with van der Waals surface area (Å²) in [5, 5.41) is 5.24. The molecule has 0 aliphatic heterocycles. The highest BCUT2D eigenvalue weighted by molar-refractivity contribution is 6.06. The highest BCUT2D eigenvalue weighted by Crippen LogP contribution is 2.59. The van der Waals surface area contributed by atoms with Gasteiger partial charge in [0.25, 0.3) is 0 Å².